The van der Waals surface area contributed by atoms with Crippen molar-refractivity contribution in [2.75, 3.05) is 19.4 Å². The molecule has 0 aromatic carbocycles. The molecule has 0 amide bonds. The molecule has 1 aliphatic carbocycles. The number of aromatic nitrogens is 1. The highest BCUT2D eigenvalue weighted by atomic mass is 32.2. The Hall–Kier alpha value is -1.63. The van der Waals surface area contributed by atoms with Crippen molar-refractivity contribution in [1.82, 2.24) is 15.6 Å². The van der Waals surface area contributed by atoms with E-state index in [0.717, 1.165) is 55.8 Å². The maximum Gasteiger partial charge on any atom is 0.218 e. The molecule has 0 spiro atoms. The smallest absolute Gasteiger partial charge is 0.218 e. The Kier molecular flexibility index (Phi) is 9.59. The van der Waals surface area contributed by atoms with Gasteiger partial charge < -0.3 is 15.4 Å². The standard InChI is InChI=1S/C20H34N4O2S/c1-4-6-13-26-19-16(9-8-12-22-19)15-23-20(21-3)24-17-10-7-11-18(14-17)27(25)5-2/h8-9,12,17-18H,4-7,10-11,13-15H2,1-3H3,(H2,21,23,24). The van der Waals surface area contributed by atoms with E-state index in [4.69, 9.17) is 4.74 Å². The number of pyridine rings is 1. The fourth-order valence-corrected chi connectivity index (χ4v) is 4.67. The maximum atomic E-state index is 12.1. The summed E-state index contributed by atoms with van der Waals surface area (Å²) in [5, 5.41) is 7.17. The fourth-order valence-electron chi connectivity index (χ4n) is 3.32. The third-order valence-corrected chi connectivity index (χ3v) is 6.62. The molecule has 0 aliphatic heterocycles. The summed E-state index contributed by atoms with van der Waals surface area (Å²) in [4.78, 5) is 8.70. The van der Waals surface area contributed by atoms with E-state index >= 15 is 0 Å². The fraction of sp³-hybridized carbons (Fsp3) is 0.700. The van der Waals surface area contributed by atoms with Gasteiger partial charge in [-0.1, -0.05) is 32.8 Å². The molecule has 2 N–H and O–H groups in total. The van der Waals surface area contributed by atoms with Gasteiger partial charge >= 0.3 is 0 Å². The van der Waals surface area contributed by atoms with Crippen LogP contribution in [-0.2, 0) is 17.3 Å². The molecule has 27 heavy (non-hydrogen) atoms. The first kappa shape index (κ1) is 21.7. The Morgan fingerprint density at radius 2 is 2.26 bits per heavy atom. The largest absolute Gasteiger partial charge is 0.477 e. The highest BCUT2D eigenvalue weighted by Gasteiger charge is 2.26. The Morgan fingerprint density at radius 3 is 3.00 bits per heavy atom. The Labute approximate surface area is 166 Å². The molecule has 7 heteroatoms. The van der Waals surface area contributed by atoms with E-state index in [1.807, 2.05) is 19.1 Å². The maximum absolute atomic E-state index is 12.1. The van der Waals surface area contributed by atoms with E-state index in [9.17, 15) is 4.21 Å². The summed E-state index contributed by atoms with van der Waals surface area (Å²) in [6.07, 6.45) is 8.10. The summed E-state index contributed by atoms with van der Waals surface area (Å²) < 4.78 is 17.9. The van der Waals surface area contributed by atoms with Crippen molar-refractivity contribution < 1.29 is 8.95 Å². The van der Waals surface area contributed by atoms with Gasteiger partial charge in [-0.25, -0.2) is 4.98 Å². The first-order valence-electron chi connectivity index (χ1n) is 10.1. The number of nitrogens with zero attached hydrogens (tertiary/aromatic N) is 2. The molecule has 2 rings (SSSR count). The molecule has 1 heterocycles. The average molecular weight is 395 g/mol. The second kappa shape index (κ2) is 12.0. The van der Waals surface area contributed by atoms with Gasteiger partial charge in [0.25, 0.3) is 0 Å². The summed E-state index contributed by atoms with van der Waals surface area (Å²) in [6, 6.07) is 4.26. The summed E-state index contributed by atoms with van der Waals surface area (Å²) >= 11 is 0. The molecule has 3 unspecified atom stereocenters. The van der Waals surface area contributed by atoms with E-state index in [1.54, 1.807) is 13.2 Å². The molecule has 1 fully saturated rings. The number of guanidine groups is 1. The van der Waals surface area contributed by atoms with Gasteiger partial charge in [-0.15, -0.1) is 0 Å². The topological polar surface area (TPSA) is 75.6 Å². The Balaban J connectivity index is 1.88. The van der Waals surface area contributed by atoms with Gasteiger partial charge in [0.15, 0.2) is 5.96 Å². The van der Waals surface area contributed by atoms with Gasteiger partial charge in [-0.05, 0) is 31.7 Å². The van der Waals surface area contributed by atoms with Gasteiger partial charge in [0, 0.05) is 53.2 Å². The second-order valence-corrected chi connectivity index (χ2v) is 8.90. The van der Waals surface area contributed by atoms with Crippen molar-refractivity contribution in [3.05, 3.63) is 23.9 Å². The van der Waals surface area contributed by atoms with Crippen molar-refractivity contribution in [2.24, 2.45) is 4.99 Å². The highest BCUT2D eigenvalue weighted by molar-refractivity contribution is 7.85. The molecule has 0 bridgehead atoms. The highest BCUT2D eigenvalue weighted by Crippen LogP contribution is 2.23. The van der Waals surface area contributed by atoms with Crippen LogP contribution >= 0.6 is 0 Å². The average Bonchev–Trinajstić information content (AvgIpc) is 2.71. The van der Waals surface area contributed by atoms with Crippen LogP contribution in [0.5, 0.6) is 5.88 Å². The number of nitrogens with one attached hydrogen (secondary N) is 2. The zero-order chi connectivity index (χ0) is 19.5. The third-order valence-electron chi connectivity index (χ3n) is 4.88. The molecular formula is C20H34N4O2S. The van der Waals surface area contributed by atoms with Crippen LogP contribution in [0.25, 0.3) is 0 Å². The quantitative estimate of drug-likeness (QED) is 0.383. The van der Waals surface area contributed by atoms with Crippen molar-refractivity contribution in [3.8, 4) is 5.88 Å². The number of hydrogen-bond donors (Lipinski definition) is 2. The normalized spacial score (nSPS) is 21.5. The van der Waals surface area contributed by atoms with E-state index in [-0.39, 0.29) is 0 Å². The molecule has 3 atom stereocenters. The minimum atomic E-state index is -0.717. The van der Waals surface area contributed by atoms with E-state index in [1.165, 1.54) is 0 Å². The Morgan fingerprint density at radius 1 is 1.41 bits per heavy atom. The monoisotopic (exact) mass is 394 g/mol. The van der Waals surface area contributed by atoms with E-state index < -0.39 is 10.8 Å². The van der Waals surface area contributed by atoms with Crippen molar-refractivity contribution in [3.63, 3.8) is 0 Å². The number of rotatable bonds is 9. The number of aliphatic imine (C=N–C) groups is 1. The molecule has 152 valence electrons. The lowest BCUT2D eigenvalue weighted by atomic mass is 9.95. The molecule has 1 aliphatic rings. The van der Waals surface area contributed by atoms with Gasteiger partial charge in [-0.2, -0.15) is 0 Å². The molecule has 1 aromatic rings. The SMILES string of the molecule is CCCCOc1ncccc1CNC(=NC)NC1CCCC(S(=O)CC)C1. The molecule has 6 nitrogen and oxygen atoms in total. The number of unbranched alkanes of at least 4 members (excludes halogenated alkanes) is 1. The lowest BCUT2D eigenvalue weighted by Gasteiger charge is -2.30. The van der Waals surface area contributed by atoms with Gasteiger partial charge in [-0.3, -0.25) is 9.20 Å². The van der Waals surface area contributed by atoms with Crippen LogP contribution in [0.3, 0.4) is 0 Å². The summed E-state index contributed by atoms with van der Waals surface area (Å²) in [7, 11) is 1.06. The van der Waals surface area contributed by atoms with Crippen LogP contribution in [-0.4, -0.2) is 45.9 Å². The third kappa shape index (κ3) is 7.13. The van der Waals surface area contributed by atoms with Crippen molar-refractivity contribution in [2.45, 2.75) is 70.2 Å². The minimum Gasteiger partial charge on any atom is -0.477 e. The molecule has 1 aromatic heterocycles. The van der Waals surface area contributed by atoms with Crippen LogP contribution in [0.2, 0.25) is 0 Å². The van der Waals surface area contributed by atoms with Gasteiger partial charge in [0.05, 0.1) is 6.61 Å². The molecule has 0 radical (unpaired) electrons. The molecular weight excluding hydrogens is 360 g/mol. The minimum absolute atomic E-state index is 0.302. The first-order chi connectivity index (χ1) is 13.2. The zero-order valence-electron chi connectivity index (χ0n) is 16.9. The lowest BCUT2D eigenvalue weighted by molar-refractivity contribution is 0.294. The van der Waals surface area contributed by atoms with Crippen LogP contribution in [0.15, 0.2) is 23.3 Å². The summed E-state index contributed by atoms with van der Waals surface area (Å²) in [5.74, 6) is 2.20. The van der Waals surface area contributed by atoms with Crippen LogP contribution in [0.4, 0.5) is 0 Å². The van der Waals surface area contributed by atoms with Gasteiger partial charge in [0.1, 0.15) is 0 Å². The van der Waals surface area contributed by atoms with Crippen LogP contribution < -0.4 is 15.4 Å². The van der Waals surface area contributed by atoms with E-state index in [2.05, 4.69) is 27.5 Å². The van der Waals surface area contributed by atoms with Crippen LogP contribution in [0.1, 0.15) is 57.9 Å². The zero-order valence-corrected chi connectivity index (χ0v) is 17.7. The predicted molar refractivity (Wildman–Crippen MR) is 113 cm³/mol. The molecule has 0 saturated heterocycles. The molecule has 1 saturated carbocycles. The van der Waals surface area contributed by atoms with Gasteiger partial charge in [0.2, 0.25) is 5.88 Å². The van der Waals surface area contributed by atoms with Crippen molar-refractivity contribution >= 4 is 16.8 Å². The lowest BCUT2D eigenvalue weighted by Crippen LogP contribution is -2.46. The summed E-state index contributed by atoms with van der Waals surface area (Å²) in [5.41, 5.74) is 1.02. The summed E-state index contributed by atoms with van der Waals surface area (Å²) in [6.45, 7) is 5.44. The second-order valence-electron chi connectivity index (χ2n) is 6.89. The van der Waals surface area contributed by atoms with Crippen molar-refractivity contribution in [1.29, 1.82) is 0 Å². The number of ether oxygens (including phenoxy) is 1. The Bertz CT molecular complexity index is 624. The number of hydrogen-bond acceptors (Lipinski definition) is 4. The van der Waals surface area contributed by atoms with Crippen LogP contribution in [0, 0.1) is 0 Å². The predicted octanol–water partition coefficient (Wildman–Crippen LogP) is 3.01. The first-order valence-corrected chi connectivity index (χ1v) is 11.5. The van der Waals surface area contributed by atoms with E-state index in [0.29, 0.717) is 30.3 Å².